The van der Waals surface area contributed by atoms with Gasteiger partial charge >= 0.3 is 0 Å². The first-order valence-electron chi connectivity index (χ1n) is 22.6. The molecule has 0 N–H and O–H groups in total. The van der Waals surface area contributed by atoms with Gasteiger partial charge in [-0.2, -0.15) is 0 Å². The summed E-state index contributed by atoms with van der Waals surface area (Å²) in [6.45, 7) is 0. The van der Waals surface area contributed by atoms with Gasteiger partial charge in [-0.3, -0.25) is 0 Å². The molecule has 0 bridgehead atoms. The molecular formula is C64H43NO. The molecule has 12 aromatic rings. The maximum Gasteiger partial charge on any atom is 0.143 e. The number of furan rings is 1. The summed E-state index contributed by atoms with van der Waals surface area (Å²) in [5, 5.41) is 6.17. The van der Waals surface area contributed by atoms with Crippen LogP contribution < -0.4 is 4.90 Å². The van der Waals surface area contributed by atoms with Gasteiger partial charge in [0.2, 0.25) is 0 Å². The van der Waals surface area contributed by atoms with Crippen molar-refractivity contribution in [2.75, 3.05) is 4.90 Å². The molecule has 0 atom stereocenters. The van der Waals surface area contributed by atoms with E-state index in [0.717, 1.165) is 61.6 Å². The third-order valence-electron chi connectivity index (χ3n) is 12.9. The van der Waals surface area contributed by atoms with Gasteiger partial charge in [0, 0.05) is 33.6 Å². The molecule has 66 heavy (non-hydrogen) atoms. The summed E-state index contributed by atoms with van der Waals surface area (Å²) in [6.07, 6.45) is 0. The zero-order valence-electron chi connectivity index (χ0n) is 36.2. The van der Waals surface area contributed by atoms with Gasteiger partial charge < -0.3 is 9.32 Å². The highest BCUT2D eigenvalue weighted by Crippen LogP contribution is 2.43. The first-order valence-corrected chi connectivity index (χ1v) is 22.6. The minimum absolute atomic E-state index is 0.878. The standard InChI is InChI=1S/C64H43NO/c1-3-12-44(13-4-1)45-22-24-46(25-23-45)47-28-35-56(36-29-47)65(58-39-32-49(33-40-58)53-34-41-60-54(42-53)27-26-50-14-7-8-19-59(50)60)57-37-30-48(31-38-57)52-17-11-18-55(43-52)64-63(51-15-5-2-6-16-51)61-20-9-10-21-62(61)66-64/h1-43H. The zero-order valence-corrected chi connectivity index (χ0v) is 36.2. The van der Waals surface area contributed by atoms with Gasteiger partial charge in [-0.25, -0.2) is 0 Å². The summed E-state index contributed by atoms with van der Waals surface area (Å²) in [5.74, 6) is 0.878. The minimum atomic E-state index is 0.878. The van der Waals surface area contributed by atoms with Gasteiger partial charge in [0.25, 0.3) is 0 Å². The van der Waals surface area contributed by atoms with Crippen LogP contribution in [0.15, 0.2) is 265 Å². The van der Waals surface area contributed by atoms with Crippen LogP contribution >= 0.6 is 0 Å². The summed E-state index contributed by atoms with van der Waals surface area (Å²) in [6, 6.07) is 93.7. The van der Waals surface area contributed by atoms with E-state index in [0.29, 0.717) is 0 Å². The molecule has 0 spiro atoms. The van der Waals surface area contributed by atoms with Gasteiger partial charge in [-0.1, -0.05) is 206 Å². The summed E-state index contributed by atoms with van der Waals surface area (Å²) < 4.78 is 6.60. The fourth-order valence-corrected chi connectivity index (χ4v) is 9.51. The molecule has 12 rings (SSSR count). The van der Waals surface area contributed by atoms with E-state index >= 15 is 0 Å². The monoisotopic (exact) mass is 841 g/mol. The number of benzene rings is 11. The van der Waals surface area contributed by atoms with Crippen LogP contribution in [0.1, 0.15) is 0 Å². The van der Waals surface area contributed by atoms with Gasteiger partial charge in [0.05, 0.1) is 0 Å². The van der Waals surface area contributed by atoms with E-state index in [4.69, 9.17) is 4.42 Å². The lowest BCUT2D eigenvalue weighted by atomic mass is 9.96. The Hall–Kier alpha value is -8.72. The van der Waals surface area contributed by atoms with Crippen LogP contribution in [0.25, 0.3) is 99.5 Å². The van der Waals surface area contributed by atoms with Crippen LogP contribution in [-0.4, -0.2) is 0 Å². The second-order valence-corrected chi connectivity index (χ2v) is 16.9. The molecular weight excluding hydrogens is 799 g/mol. The number of hydrogen-bond acceptors (Lipinski definition) is 2. The van der Waals surface area contributed by atoms with E-state index in [-0.39, 0.29) is 0 Å². The summed E-state index contributed by atoms with van der Waals surface area (Å²) >= 11 is 0. The Bertz CT molecular complexity index is 3650. The van der Waals surface area contributed by atoms with Crippen LogP contribution in [0.4, 0.5) is 17.1 Å². The first-order chi connectivity index (χ1) is 32.7. The molecule has 0 fully saturated rings. The third-order valence-corrected chi connectivity index (χ3v) is 12.9. The molecule has 1 aromatic heterocycles. The molecule has 1 heterocycles. The highest BCUT2D eigenvalue weighted by Gasteiger charge is 2.19. The van der Waals surface area contributed by atoms with Gasteiger partial charge in [-0.05, 0) is 126 Å². The molecule has 0 saturated carbocycles. The SMILES string of the molecule is c1ccc(-c2ccc(-c3ccc(N(c4ccc(-c5cccc(-c6oc7ccccc7c6-c6ccccc6)c5)cc4)c4ccc(-c5ccc6c(ccc7ccccc76)c5)cc4)cc3)cc2)cc1. The second-order valence-electron chi connectivity index (χ2n) is 16.9. The first kappa shape index (κ1) is 38.9. The Morgan fingerprint density at radius 2 is 0.652 bits per heavy atom. The largest absolute Gasteiger partial charge is 0.455 e. The molecule has 310 valence electrons. The lowest BCUT2D eigenvalue weighted by Gasteiger charge is -2.26. The van der Waals surface area contributed by atoms with Gasteiger partial charge in [0.1, 0.15) is 11.3 Å². The van der Waals surface area contributed by atoms with E-state index in [2.05, 4.69) is 260 Å². The van der Waals surface area contributed by atoms with Crippen molar-refractivity contribution in [2.24, 2.45) is 0 Å². The van der Waals surface area contributed by atoms with Crippen LogP contribution in [0.3, 0.4) is 0 Å². The van der Waals surface area contributed by atoms with E-state index in [1.165, 1.54) is 54.9 Å². The lowest BCUT2D eigenvalue weighted by molar-refractivity contribution is 0.632. The maximum atomic E-state index is 6.60. The Morgan fingerprint density at radius 3 is 1.27 bits per heavy atom. The van der Waals surface area contributed by atoms with Crippen molar-refractivity contribution in [3.63, 3.8) is 0 Å². The smallest absolute Gasteiger partial charge is 0.143 e. The van der Waals surface area contributed by atoms with Crippen LogP contribution in [-0.2, 0) is 0 Å². The number of anilines is 3. The molecule has 0 amide bonds. The quantitative estimate of drug-likeness (QED) is 0.135. The highest BCUT2D eigenvalue weighted by atomic mass is 16.3. The van der Waals surface area contributed by atoms with Crippen molar-refractivity contribution >= 4 is 49.6 Å². The Labute approximate surface area is 384 Å². The molecule has 0 unspecified atom stereocenters. The molecule has 0 radical (unpaired) electrons. The maximum absolute atomic E-state index is 6.60. The predicted octanol–water partition coefficient (Wildman–Crippen LogP) is 18.2. The van der Waals surface area contributed by atoms with Crippen molar-refractivity contribution in [1.29, 1.82) is 0 Å². The molecule has 0 aliphatic carbocycles. The summed E-state index contributed by atoms with van der Waals surface area (Å²) in [4.78, 5) is 2.35. The number of fused-ring (bicyclic) bond motifs is 4. The Balaban J connectivity index is 0.890. The predicted molar refractivity (Wildman–Crippen MR) is 279 cm³/mol. The van der Waals surface area contributed by atoms with E-state index in [1.807, 2.05) is 6.07 Å². The molecule has 2 heteroatoms. The van der Waals surface area contributed by atoms with Crippen molar-refractivity contribution < 1.29 is 4.42 Å². The summed E-state index contributed by atoms with van der Waals surface area (Å²) in [5.41, 5.74) is 16.8. The van der Waals surface area contributed by atoms with Crippen LogP contribution in [0.5, 0.6) is 0 Å². The molecule has 0 aliphatic heterocycles. The van der Waals surface area contributed by atoms with Gasteiger partial charge in [-0.15, -0.1) is 0 Å². The number of hydrogen-bond donors (Lipinski definition) is 0. The molecule has 2 nitrogen and oxygen atoms in total. The minimum Gasteiger partial charge on any atom is -0.455 e. The Morgan fingerprint density at radius 1 is 0.242 bits per heavy atom. The highest BCUT2D eigenvalue weighted by molar-refractivity contribution is 6.08. The van der Waals surface area contributed by atoms with Crippen molar-refractivity contribution in [3.8, 4) is 67.0 Å². The summed E-state index contributed by atoms with van der Waals surface area (Å²) in [7, 11) is 0. The fraction of sp³-hybridized carbons (Fsp3) is 0. The average Bonchev–Trinajstić information content (AvgIpc) is 3.80. The van der Waals surface area contributed by atoms with Crippen molar-refractivity contribution in [1.82, 2.24) is 0 Å². The Kier molecular flexibility index (Phi) is 9.89. The number of nitrogens with zero attached hydrogens (tertiary/aromatic N) is 1. The number of para-hydroxylation sites is 1. The molecule has 11 aromatic carbocycles. The van der Waals surface area contributed by atoms with E-state index < -0.39 is 0 Å². The van der Waals surface area contributed by atoms with Crippen molar-refractivity contribution in [3.05, 3.63) is 261 Å². The molecule has 0 saturated heterocycles. The zero-order chi connectivity index (χ0) is 43.8. The lowest BCUT2D eigenvalue weighted by Crippen LogP contribution is -2.09. The normalized spacial score (nSPS) is 11.3. The van der Waals surface area contributed by atoms with Crippen molar-refractivity contribution in [2.45, 2.75) is 0 Å². The second kappa shape index (κ2) is 16.8. The van der Waals surface area contributed by atoms with E-state index in [1.54, 1.807) is 0 Å². The van der Waals surface area contributed by atoms with Crippen LogP contribution in [0.2, 0.25) is 0 Å². The molecule has 0 aliphatic rings. The average molecular weight is 842 g/mol. The van der Waals surface area contributed by atoms with E-state index in [9.17, 15) is 0 Å². The number of rotatable bonds is 9. The van der Waals surface area contributed by atoms with Crippen LogP contribution in [0, 0.1) is 0 Å². The topological polar surface area (TPSA) is 16.4 Å². The fourth-order valence-electron chi connectivity index (χ4n) is 9.51. The third kappa shape index (κ3) is 7.31. The van der Waals surface area contributed by atoms with Gasteiger partial charge in [0.15, 0.2) is 0 Å².